The molecule has 0 amide bonds. The van der Waals surface area contributed by atoms with E-state index in [0.29, 0.717) is 12.2 Å². The molecule has 0 aliphatic carbocycles. The van der Waals surface area contributed by atoms with Crippen molar-refractivity contribution in [2.24, 2.45) is 0 Å². The largest absolute Gasteiger partial charge is 0.493 e. The minimum atomic E-state index is 0.664. The van der Waals surface area contributed by atoms with Gasteiger partial charge >= 0.3 is 0 Å². The van der Waals surface area contributed by atoms with Gasteiger partial charge in [-0.15, -0.1) is 0 Å². The quantitative estimate of drug-likeness (QED) is 0.187. The zero-order chi connectivity index (χ0) is 28.6. The molecule has 0 atom stereocenters. The van der Waals surface area contributed by atoms with Gasteiger partial charge in [-0.3, -0.25) is 9.78 Å². The summed E-state index contributed by atoms with van der Waals surface area (Å²) in [4.78, 5) is 25.7. The summed E-state index contributed by atoms with van der Waals surface area (Å²) >= 11 is 0. The van der Waals surface area contributed by atoms with Gasteiger partial charge in [0.2, 0.25) is 0 Å². The third-order valence-corrected chi connectivity index (χ3v) is 5.04. The van der Waals surface area contributed by atoms with E-state index >= 15 is 0 Å². The number of carbonyl (C=O) groups is 1. The third-order valence-electron chi connectivity index (χ3n) is 5.04. The Bertz CT molecular complexity index is 985. The zero-order valence-corrected chi connectivity index (χ0v) is 24.6. The Hall–Kier alpha value is -3.27. The van der Waals surface area contributed by atoms with Gasteiger partial charge in [0.25, 0.3) is 0 Å². The van der Waals surface area contributed by atoms with Gasteiger partial charge in [-0.1, -0.05) is 58.0 Å². The summed E-state index contributed by atoms with van der Waals surface area (Å²) in [7, 11) is 4.23. The first-order chi connectivity index (χ1) is 17.8. The van der Waals surface area contributed by atoms with Crippen LogP contribution in [0.15, 0.2) is 60.8 Å². The fourth-order valence-electron chi connectivity index (χ4n) is 3.22. The van der Waals surface area contributed by atoms with Gasteiger partial charge in [0.1, 0.15) is 18.0 Å². The first-order valence-corrected chi connectivity index (χ1v) is 13.0. The van der Waals surface area contributed by atoms with E-state index in [-0.39, 0.29) is 0 Å². The second-order valence-electron chi connectivity index (χ2n) is 8.17. The second kappa shape index (κ2) is 23.1. The van der Waals surface area contributed by atoms with Gasteiger partial charge in [-0.2, -0.15) is 0 Å². The molecule has 0 aliphatic heterocycles. The Kier molecular flexibility index (Phi) is 22.5. The van der Waals surface area contributed by atoms with E-state index in [9.17, 15) is 4.79 Å². The van der Waals surface area contributed by atoms with Gasteiger partial charge in [0.05, 0.1) is 6.61 Å². The van der Waals surface area contributed by atoms with Gasteiger partial charge < -0.3 is 9.64 Å². The molecule has 1 aromatic carbocycles. The van der Waals surface area contributed by atoms with E-state index < -0.39 is 0 Å². The maximum atomic E-state index is 10.5. The highest BCUT2D eigenvalue weighted by atomic mass is 16.5. The lowest BCUT2D eigenvalue weighted by molar-refractivity contribution is 0.112. The molecule has 0 spiro atoms. The van der Waals surface area contributed by atoms with Gasteiger partial charge in [0.15, 0.2) is 0 Å². The summed E-state index contributed by atoms with van der Waals surface area (Å²) in [5.74, 6) is 2.06. The van der Waals surface area contributed by atoms with Crippen LogP contribution in [0.3, 0.4) is 0 Å². The van der Waals surface area contributed by atoms with Crippen LogP contribution in [0.25, 0.3) is 5.57 Å². The Morgan fingerprint density at radius 1 is 1.16 bits per heavy atom. The maximum Gasteiger partial charge on any atom is 0.150 e. The van der Waals surface area contributed by atoms with Gasteiger partial charge in [-0.25, -0.2) is 4.79 Å². The molecule has 5 nitrogen and oxygen atoms in total. The van der Waals surface area contributed by atoms with E-state index in [1.807, 2.05) is 39.1 Å². The fourth-order valence-corrected chi connectivity index (χ4v) is 3.22. The van der Waals surface area contributed by atoms with Crippen molar-refractivity contribution in [2.45, 2.75) is 67.7 Å². The summed E-state index contributed by atoms with van der Waals surface area (Å²) in [6, 6.07) is 9.65. The van der Waals surface area contributed by atoms with Gasteiger partial charge in [-0.05, 0) is 89.6 Å². The lowest BCUT2D eigenvalue weighted by atomic mass is 9.93. The van der Waals surface area contributed by atoms with E-state index in [1.165, 1.54) is 22.7 Å². The Balaban J connectivity index is 0. The van der Waals surface area contributed by atoms with Crippen molar-refractivity contribution in [3.8, 4) is 5.75 Å². The molecule has 1 heterocycles. The van der Waals surface area contributed by atoms with Crippen molar-refractivity contribution >= 4 is 17.8 Å². The van der Waals surface area contributed by atoms with E-state index in [2.05, 4.69) is 76.5 Å². The number of aromatic nitrogens is 1. The number of nitrogens with zero attached hydrogens (tertiary/aromatic N) is 2. The molecule has 0 unspecified atom stereocenters. The average Bonchev–Trinajstić information content (AvgIpc) is 2.90. The lowest BCUT2D eigenvalue weighted by Gasteiger charge is -2.16. The summed E-state index contributed by atoms with van der Waals surface area (Å²) in [6.07, 6.45) is 10.3. The van der Waals surface area contributed by atoms with Crippen LogP contribution in [0, 0.1) is 13.8 Å². The molecule has 37 heavy (non-hydrogen) atoms. The number of hydrogen-bond donors (Lipinski definition) is 0. The molecule has 0 radical (unpaired) electrons. The molecule has 0 bridgehead atoms. The molecule has 0 aliphatic rings. The monoisotopic (exact) mass is 508 g/mol. The topological polar surface area (TPSA) is 59.5 Å². The molecular formula is C32H48N2O3. The van der Waals surface area contributed by atoms with Crippen LogP contribution in [-0.4, -0.2) is 49.4 Å². The standard InChI is InChI=1S/C17H26N2.C11H14O2.C2H2O.C2H6/c1-6-9-17(15(7-2)11-13-19(4)5)16-10-8-12-18-14(16)3;1-3-6-13-11-7-10(8-12)5-4-9(11)2;1-2-3;1-2/h7-10,12H,6,11,13H2,1-5H3;4-5,7-8H,3,6H2,1-2H3;1H2;1-2H3/b15-7+,17-9-;;;. The van der Waals surface area contributed by atoms with Crippen molar-refractivity contribution in [3.05, 3.63) is 83.2 Å². The average molecular weight is 509 g/mol. The van der Waals surface area contributed by atoms with Crippen molar-refractivity contribution in [1.82, 2.24) is 9.88 Å². The highest BCUT2D eigenvalue weighted by Crippen LogP contribution is 2.27. The molecule has 0 saturated carbocycles. The number of rotatable bonds is 10. The van der Waals surface area contributed by atoms with Crippen molar-refractivity contribution in [1.29, 1.82) is 0 Å². The predicted molar refractivity (Wildman–Crippen MR) is 159 cm³/mol. The zero-order valence-electron chi connectivity index (χ0n) is 24.6. The summed E-state index contributed by atoms with van der Waals surface area (Å²) < 4.78 is 5.47. The number of allylic oxidation sites excluding steroid dienone is 3. The molecule has 0 saturated heterocycles. The molecular weight excluding hydrogens is 460 g/mol. The lowest BCUT2D eigenvalue weighted by Crippen LogP contribution is -2.14. The van der Waals surface area contributed by atoms with E-state index in [4.69, 9.17) is 9.53 Å². The number of carbonyl (C=O) groups excluding carboxylic acids is 2. The molecule has 1 aromatic heterocycles. The molecule has 2 rings (SSSR count). The van der Waals surface area contributed by atoms with Crippen LogP contribution < -0.4 is 4.74 Å². The highest BCUT2D eigenvalue weighted by molar-refractivity contribution is 5.80. The Labute approximate surface area is 226 Å². The minimum absolute atomic E-state index is 0.664. The third kappa shape index (κ3) is 15.4. The summed E-state index contributed by atoms with van der Waals surface area (Å²) in [5.41, 5.74) is 6.85. The molecule has 5 heteroatoms. The normalized spacial score (nSPS) is 10.5. The number of ether oxygens (including phenoxy) is 1. The molecule has 204 valence electrons. The van der Waals surface area contributed by atoms with Gasteiger partial charge in [0, 0.05) is 29.6 Å². The second-order valence-corrected chi connectivity index (χ2v) is 8.17. The number of pyridine rings is 1. The van der Waals surface area contributed by atoms with Crippen molar-refractivity contribution < 1.29 is 14.3 Å². The van der Waals surface area contributed by atoms with Crippen LogP contribution in [-0.2, 0) is 4.79 Å². The van der Waals surface area contributed by atoms with E-state index in [1.54, 1.807) is 12.1 Å². The van der Waals surface area contributed by atoms with E-state index in [0.717, 1.165) is 49.1 Å². The van der Waals surface area contributed by atoms with Crippen molar-refractivity contribution in [3.63, 3.8) is 0 Å². The first-order valence-electron chi connectivity index (χ1n) is 13.0. The number of benzene rings is 1. The molecule has 0 fully saturated rings. The number of aryl methyl sites for hydroxylation is 2. The van der Waals surface area contributed by atoms with Crippen LogP contribution in [0.4, 0.5) is 0 Å². The Morgan fingerprint density at radius 3 is 2.30 bits per heavy atom. The first kappa shape index (κ1) is 35.9. The minimum Gasteiger partial charge on any atom is -0.493 e. The molecule has 0 N–H and O–H groups in total. The fraction of sp³-hybridized carbons (Fsp3) is 0.438. The van der Waals surface area contributed by atoms with Crippen LogP contribution in [0.5, 0.6) is 5.75 Å². The summed E-state index contributed by atoms with van der Waals surface area (Å²) in [5, 5.41) is 0. The van der Waals surface area contributed by atoms with Crippen molar-refractivity contribution in [2.75, 3.05) is 27.2 Å². The Morgan fingerprint density at radius 2 is 1.81 bits per heavy atom. The van der Waals surface area contributed by atoms with Crippen LogP contribution >= 0.6 is 0 Å². The van der Waals surface area contributed by atoms with Crippen LogP contribution in [0.2, 0.25) is 0 Å². The molecule has 2 aromatic rings. The number of aldehydes is 1. The SMILES string of the molecule is C/C=C(CCN(C)C)/C(=C/CC)c1cccnc1C.C=C=O.CC.CCCOc1cc(C=O)ccc1C. The highest BCUT2D eigenvalue weighted by Gasteiger charge is 2.10. The van der Waals surface area contributed by atoms with Crippen LogP contribution in [0.1, 0.15) is 81.1 Å². The number of hydrogen-bond acceptors (Lipinski definition) is 5. The maximum absolute atomic E-state index is 10.5. The summed E-state index contributed by atoms with van der Waals surface area (Å²) in [6.45, 7) is 18.9. The predicted octanol–water partition coefficient (Wildman–Crippen LogP) is 7.71. The smallest absolute Gasteiger partial charge is 0.150 e.